The summed E-state index contributed by atoms with van der Waals surface area (Å²) < 4.78 is 24.4. The van der Waals surface area contributed by atoms with Crippen LogP contribution >= 0.6 is 0 Å². The predicted octanol–water partition coefficient (Wildman–Crippen LogP) is 1.16. The number of aliphatic hydroxyl groups excluding tert-OH is 1. The molecule has 3 rings (SSSR count). The third kappa shape index (κ3) is 4.00. The Morgan fingerprint density at radius 1 is 1.21 bits per heavy atom. The van der Waals surface area contributed by atoms with Crippen molar-refractivity contribution >= 4 is 27.6 Å². The Labute approximate surface area is 164 Å². The molecule has 1 amide bonds. The molecule has 0 spiro atoms. The van der Waals surface area contributed by atoms with Crippen molar-refractivity contribution in [2.45, 2.75) is 31.8 Å². The van der Waals surface area contributed by atoms with Crippen LogP contribution in [0.25, 0.3) is 0 Å². The lowest BCUT2D eigenvalue weighted by Crippen LogP contribution is -2.57. The fraction of sp³-hybridized carbons (Fsp3) is 0.579. The maximum Gasteiger partial charge on any atom is 0.314 e. The lowest BCUT2D eigenvalue weighted by molar-refractivity contribution is -0.163. The minimum absolute atomic E-state index is 0.0240. The number of piperidine rings is 1. The molecule has 1 saturated heterocycles. The van der Waals surface area contributed by atoms with Crippen LogP contribution in [0.3, 0.4) is 0 Å². The van der Waals surface area contributed by atoms with Gasteiger partial charge >= 0.3 is 5.97 Å². The molecule has 2 N–H and O–H groups in total. The van der Waals surface area contributed by atoms with Crippen molar-refractivity contribution in [2.75, 3.05) is 30.7 Å². The Kier molecular flexibility index (Phi) is 5.42. The first-order chi connectivity index (χ1) is 13.0. The number of carbonyl (C=O) groups is 2. The number of hydrogen-bond acceptors (Lipinski definition) is 5. The van der Waals surface area contributed by atoms with Gasteiger partial charge in [-0.05, 0) is 43.0 Å². The van der Waals surface area contributed by atoms with E-state index in [9.17, 15) is 28.2 Å². The van der Waals surface area contributed by atoms with Gasteiger partial charge in [0.1, 0.15) is 5.41 Å². The first-order valence-corrected chi connectivity index (χ1v) is 11.1. The van der Waals surface area contributed by atoms with E-state index in [1.807, 2.05) is 0 Å². The van der Waals surface area contributed by atoms with Crippen LogP contribution in [0.4, 0.5) is 5.69 Å². The van der Waals surface area contributed by atoms with Gasteiger partial charge in [0.2, 0.25) is 10.0 Å². The molecule has 0 radical (unpaired) electrons. The molecule has 28 heavy (non-hydrogen) atoms. The summed E-state index contributed by atoms with van der Waals surface area (Å²) in [6, 6.07) is 6.16. The summed E-state index contributed by atoms with van der Waals surface area (Å²) in [6.07, 6.45) is 2.65. The number of hydrogen-bond donors (Lipinski definition) is 2. The van der Waals surface area contributed by atoms with Crippen LogP contribution in [0, 0.1) is 11.3 Å². The van der Waals surface area contributed by atoms with Crippen LogP contribution in [0.1, 0.15) is 36.0 Å². The largest absolute Gasteiger partial charge is 0.481 e. The molecule has 9 heteroatoms. The third-order valence-electron chi connectivity index (χ3n) is 5.82. The normalized spacial score (nSPS) is 25.4. The molecule has 0 unspecified atom stereocenters. The van der Waals surface area contributed by atoms with Crippen molar-refractivity contribution in [3.63, 3.8) is 0 Å². The molecule has 8 nitrogen and oxygen atoms in total. The maximum atomic E-state index is 12.9. The Morgan fingerprint density at radius 3 is 2.32 bits per heavy atom. The van der Waals surface area contributed by atoms with Crippen LogP contribution in [0.15, 0.2) is 24.3 Å². The number of aliphatic hydroxyl groups is 1. The number of rotatable bonds is 6. The lowest BCUT2D eigenvalue weighted by atomic mass is 9.73. The summed E-state index contributed by atoms with van der Waals surface area (Å²) in [4.78, 5) is 26.4. The van der Waals surface area contributed by atoms with Crippen LogP contribution < -0.4 is 4.31 Å². The van der Waals surface area contributed by atoms with Crippen molar-refractivity contribution in [1.82, 2.24) is 4.90 Å². The van der Waals surface area contributed by atoms with Gasteiger partial charge in [0.25, 0.3) is 5.91 Å². The van der Waals surface area contributed by atoms with E-state index in [0.29, 0.717) is 23.6 Å². The maximum absolute atomic E-state index is 12.9. The molecule has 1 aromatic carbocycles. The van der Waals surface area contributed by atoms with Crippen molar-refractivity contribution < 1.29 is 28.2 Å². The fourth-order valence-corrected chi connectivity index (χ4v) is 4.28. The summed E-state index contributed by atoms with van der Waals surface area (Å²) in [7, 11) is -1.97. The number of sulfonamides is 1. The highest BCUT2D eigenvalue weighted by Gasteiger charge is 2.52. The Morgan fingerprint density at radius 2 is 1.82 bits per heavy atom. The van der Waals surface area contributed by atoms with Gasteiger partial charge in [0.15, 0.2) is 0 Å². The Hall–Kier alpha value is -2.13. The number of likely N-dealkylation sites (tertiary alicyclic amines) is 1. The molecule has 2 fully saturated rings. The Balaban J connectivity index is 1.79. The Bertz CT molecular complexity index is 865. The first kappa shape index (κ1) is 20.6. The van der Waals surface area contributed by atoms with Crippen LogP contribution in [-0.4, -0.2) is 67.9 Å². The smallest absolute Gasteiger partial charge is 0.314 e. The number of carbonyl (C=O) groups excluding carboxylic acids is 1. The van der Waals surface area contributed by atoms with Gasteiger partial charge in [0, 0.05) is 25.7 Å². The topological polar surface area (TPSA) is 115 Å². The molecule has 1 aliphatic heterocycles. The predicted molar refractivity (Wildman–Crippen MR) is 104 cm³/mol. The van der Waals surface area contributed by atoms with E-state index < -0.39 is 27.5 Å². The second-order valence-corrected chi connectivity index (χ2v) is 9.93. The van der Waals surface area contributed by atoms with Crippen LogP contribution in [0.2, 0.25) is 0 Å². The minimum Gasteiger partial charge on any atom is -0.481 e. The third-order valence-corrected chi connectivity index (χ3v) is 7.03. The molecular weight excluding hydrogens is 384 g/mol. The minimum atomic E-state index is -3.40. The van der Waals surface area contributed by atoms with Crippen molar-refractivity contribution in [3.05, 3.63) is 29.8 Å². The van der Waals surface area contributed by atoms with Gasteiger partial charge < -0.3 is 15.1 Å². The van der Waals surface area contributed by atoms with E-state index in [0.717, 1.165) is 23.4 Å². The number of aliphatic carboxylic acids is 1. The summed E-state index contributed by atoms with van der Waals surface area (Å²) in [5.41, 5.74) is -0.541. The molecule has 2 atom stereocenters. The van der Waals surface area contributed by atoms with Crippen LogP contribution in [0.5, 0.6) is 0 Å². The number of nitrogens with zero attached hydrogens (tertiary/aromatic N) is 2. The van der Waals surface area contributed by atoms with Gasteiger partial charge in [-0.2, -0.15) is 0 Å². The monoisotopic (exact) mass is 410 g/mol. The van der Waals surface area contributed by atoms with E-state index in [2.05, 4.69) is 0 Å². The standard InChI is InChI=1S/C19H26N2O6S/c1-20(28(2,26)27)15-7-5-14(6-8-15)17(23)21-10-9-16(22)19(12-21,18(24)25)11-13-3-4-13/h5-8,13,16,22H,3-4,9-12H2,1-2H3,(H,24,25)/t16-,19+/m0/s1. The highest BCUT2D eigenvalue weighted by molar-refractivity contribution is 7.92. The zero-order chi connectivity index (χ0) is 20.7. The fourth-order valence-electron chi connectivity index (χ4n) is 3.78. The molecule has 1 saturated carbocycles. The zero-order valence-corrected chi connectivity index (χ0v) is 16.9. The van der Waals surface area contributed by atoms with Crippen molar-refractivity contribution in [2.24, 2.45) is 11.3 Å². The molecular formula is C19H26N2O6S. The van der Waals surface area contributed by atoms with Crippen molar-refractivity contribution in [1.29, 1.82) is 0 Å². The quantitative estimate of drug-likeness (QED) is 0.727. The molecule has 1 aliphatic carbocycles. The van der Waals surface area contributed by atoms with E-state index in [1.54, 1.807) is 12.1 Å². The molecule has 0 aromatic heterocycles. The number of amides is 1. The lowest BCUT2D eigenvalue weighted by Gasteiger charge is -2.43. The number of carboxylic acid groups (broad SMARTS) is 1. The molecule has 0 bridgehead atoms. The summed E-state index contributed by atoms with van der Waals surface area (Å²) in [6.45, 7) is 0.258. The molecule has 1 aromatic rings. The van der Waals surface area contributed by atoms with Crippen molar-refractivity contribution in [3.8, 4) is 0 Å². The summed E-state index contributed by atoms with van der Waals surface area (Å²) in [5, 5.41) is 20.2. The van der Waals surface area contributed by atoms with Gasteiger partial charge in [-0.15, -0.1) is 0 Å². The van der Waals surface area contributed by atoms with Gasteiger partial charge in [-0.25, -0.2) is 8.42 Å². The van der Waals surface area contributed by atoms with E-state index >= 15 is 0 Å². The average Bonchev–Trinajstić information content (AvgIpc) is 3.45. The first-order valence-electron chi connectivity index (χ1n) is 9.29. The molecule has 154 valence electrons. The summed E-state index contributed by atoms with van der Waals surface area (Å²) in [5.74, 6) is -1.08. The van der Waals surface area contributed by atoms with Gasteiger partial charge in [-0.3, -0.25) is 13.9 Å². The summed E-state index contributed by atoms with van der Waals surface area (Å²) >= 11 is 0. The van der Waals surface area contributed by atoms with Crippen LogP contribution in [-0.2, 0) is 14.8 Å². The highest BCUT2D eigenvalue weighted by Crippen LogP contribution is 2.45. The number of benzene rings is 1. The SMILES string of the molecule is CN(c1ccc(C(=O)N2CC[C@H](O)[C@](CC3CC3)(C(=O)O)C2)cc1)S(C)(=O)=O. The molecule has 1 heterocycles. The second kappa shape index (κ2) is 7.36. The van der Waals surface area contributed by atoms with Gasteiger partial charge in [-0.1, -0.05) is 12.8 Å². The highest BCUT2D eigenvalue weighted by atomic mass is 32.2. The number of anilines is 1. The van der Waals surface area contributed by atoms with E-state index in [4.69, 9.17) is 0 Å². The number of carboxylic acids is 1. The van der Waals surface area contributed by atoms with E-state index in [-0.39, 0.29) is 25.4 Å². The van der Waals surface area contributed by atoms with E-state index in [1.165, 1.54) is 24.1 Å². The molecule has 2 aliphatic rings. The zero-order valence-electron chi connectivity index (χ0n) is 16.0. The van der Waals surface area contributed by atoms with Gasteiger partial charge in [0.05, 0.1) is 18.0 Å². The second-order valence-electron chi connectivity index (χ2n) is 7.92. The average molecular weight is 410 g/mol.